The van der Waals surface area contributed by atoms with E-state index in [1.165, 1.54) is 13.3 Å². The molecule has 1 fully saturated rings. The molecule has 0 unspecified atom stereocenters. The Balaban J connectivity index is 1.91. The van der Waals surface area contributed by atoms with Crippen molar-refractivity contribution in [3.63, 3.8) is 0 Å². The number of amides is 2. The number of hydrogen-bond acceptors (Lipinski definition) is 4. The van der Waals surface area contributed by atoms with E-state index in [1.807, 2.05) is 18.2 Å². The van der Waals surface area contributed by atoms with Crippen LogP contribution in [0.3, 0.4) is 0 Å². The molecule has 1 aliphatic rings. The molecule has 0 bridgehead atoms. The van der Waals surface area contributed by atoms with E-state index in [9.17, 15) is 9.59 Å². The van der Waals surface area contributed by atoms with Gasteiger partial charge in [0.2, 0.25) is 11.8 Å². The smallest absolute Gasteiger partial charge is 0.239 e. The number of carbonyl (C=O) groups is 2. The summed E-state index contributed by atoms with van der Waals surface area (Å²) in [6.07, 6.45) is 5.45. The van der Waals surface area contributed by atoms with Crippen molar-refractivity contribution in [3.8, 4) is 11.5 Å². The summed E-state index contributed by atoms with van der Waals surface area (Å²) in [7, 11) is 3.16. The molecule has 0 spiro atoms. The largest absolute Gasteiger partial charge is 0.493 e. The molecule has 138 valence electrons. The second kappa shape index (κ2) is 9.30. The van der Waals surface area contributed by atoms with E-state index in [-0.39, 0.29) is 24.4 Å². The number of methoxy groups -OCH3 is 2. The van der Waals surface area contributed by atoms with Crippen molar-refractivity contribution in [3.05, 3.63) is 23.8 Å². The molecule has 0 saturated heterocycles. The molecule has 2 rings (SSSR count). The van der Waals surface area contributed by atoms with Crippen LogP contribution in [0.5, 0.6) is 11.5 Å². The summed E-state index contributed by atoms with van der Waals surface area (Å²) >= 11 is 0. The van der Waals surface area contributed by atoms with Crippen molar-refractivity contribution in [2.24, 2.45) is 0 Å². The number of nitrogens with one attached hydrogen (secondary N) is 1. The molecule has 1 saturated carbocycles. The van der Waals surface area contributed by atoms with Gasteiger partial charge in [0.1, 0.15) is 0 Å². The standard InChI is InChI=1S/C19H28N2O4/c1-14(22)21(16-7-5-4-6-8-16)13-19(23)20-12-15-9-10-17(24-2)18(11-15)25-3/h9-11,16H,4-8,12-13H2,1-3H3,(H,20,23). The van der Waals surface area contributed by atoms with Crippen molar-refractivity contribution < 1.29 is 19.1 Å². The summed E-state index contributed by atoms with van der Waals surface area (Å²) in [5.41, 5.74) is 0.915. The fraction of sp³-hybridized carbons (Fsp3) is 0.579. The highest BCUT2D eigenvalue weighted by Gasteiger charge is 2.24. The van der Waals surface area contributed by atoms with Crippen molar-refractivity contribution in [1.82, 2.24) is 10.2 Å². The van der Waals surface area contributed by atoms with Crippen LogP contribution in [0.15, 0.2) is 18.2 Å². The topological polar surface area (TPSA) is 67.9 Å². The molecule has 0 aliphatic heterocycles. The predicted octanol–water partition coefficient (Wildman–Crippen LogP) is 2.50. The lowest BCUT2D eigenvalue weighted by Crippen LogP contribution is -2.46. The Bertz CT molecular complexity index is 597. The van der Waals surface area contributed by atoms with E-state index in [0.29, 0.717) is 18.0 Å². The summed E-state index contributed by atoms with van der Waals surface area (Å²) in [4.78, 5) is 25.9. The lowest BCUT2D eigenvalue weighted by Gasteiger charge is -2.33. The number of nitrogens with zero attached hydrogens (tertiary/aromatic N) is 1. The molecule has 0 atom stereocenters. The molecule has 1 aromatic rings. The van der Waals surface area contributed by atoms with Crippen LogP contribution in [0.4, 0.5) is 0 Å². The van der Waals surface area contributed by atoms with Gasteiger partial charge in [-0.1, -0.05) is 25.3 Å². The third kappa shape index (κ3) is 5.37. The Kier molecular flexibility index (Phi) is 7.10. The average Bonchev–Trinajstić information content (AvgIpc) is 2.64. The molecule has 6 heteroatoms. The van der Waals surface area contributed by atoms with Gasteiger partial charge in [0.25, 0.3) is 0 Å². The minimum atomic E-state index is -0.143. The minimum Gasteiger partial charge on any atom is -0.493 e. The first-order valence-corrected chi connectivity index (χ1v) is 8.80. The molecule has 25 heavy (non-hydrogen) atoms. The highest BCUT2D eigenvalue weighted by molar-refractivity contribution is 5.84. The molecule has 0 aromatic heterocycles. The van der Waals surface area contributed by atoms with Gasteiger partial charge in [-0.3, -0.25) is 9.59 Å². The SMILES string of the molecule is COc1ccc(CNC(=O)CN(C(C)=O)C2CCCCC2)cc1OC. The summed E-state index contributed by atoms with van der Waals surface area (Å²) in [5.74, 6) is 1.10. The zero-order valence-corrected chi connectivity index (χ0v) is 15.3. The maximum absolute atomic E-state index is 12.3. The second-order valence-electron chi connectivity index (χ2n) is 6.40. The van der Waals surface area contributed by atoms with Crippen LogP contribution in [0.1, 0.15) is 44.6 Å². The molecule has 1 aromatic carbocycles. The molecule has 1 N–H and O–H groups in total. The van der Waals surface area contributed by atoms with Gasteiger partial charge in [-0.15, -0.1) is 0 Å². The molecule has 2 amide bonds. The molecule has 1 aliphatic carbocycles. The maximum Gasteiger partial charge on any atom is 0.239 e. The highest BCUT2D eigenvalue weighted by atomic mass is 16.5. The minimum absolute atomic E-state index is 0.0341. The molecule has 6 nitrogen and oxygen atoms in total. The third-order valence-electron chi connectivity index (χ3n) is 4.67. The van der Waals surface area contributed by atoms with Gasteiger partial charge in [0, 0.05) is 19.5 Å². The van der Waals surface area contributed by atoms with Gasteiger partial charge in [0.05, 0.1) is 20.8 Å². The van der Waals surface area contributed by atoms with Crippen molar-refractivity contribution in [2.75, 3.05) is 20.8 Å². The van der Waals surface area contributed by atoms with E-state index in [2.05, 4.69) is 5.32 Å². The van der Waals surface area contributed by atoms with Crippen LogP contribution in [-0.2, 0) is 16.1 Å². The number of hydrogen-bond donors (Lipinski definition) is 1. The molecule has 0 heterocycles. The Morgan fingerprint density at radius 2 is 1.80 bits per heavy atom. The fourth-order valence-corrected chi connectivity index (χ4v) is 3.29. The summed E-state index contributed by atoms with van der Waals surface area (Å²) in [6.45, 7) is 2.04. The number of carbonyl (C=O) groups excluding carboxylic acids is 2. The van der Waals surface area contributed by atoms with Crippen molar-refractivity contribution >= 4 is 11.8 Å². The molecular weight excluding hydrogens is 320 g/mol. The highest BCUT2D eigenvalue weighted by Crippen LogP contribution is 2.27. The monoisotopic (exact) mass is 348 g/mol. The van der Waals surface area contributed by atoms with Gasteiger partial charge >= 0.3 is 0 Å². The number of rotatable bonds is 7. The zero-order chi connectivity index (χ0) is 18.2. The quantitative estimate of drug-likeness (QED) is 0.822. The molecular formula is C19H28N2O4. The van der Waals surface area contributed by atoms with Crippen LogP contribution in [-0.4, -0.2) is 43.5 Å². The lowest BCUT2D eigenvalue weighted by molar-refractivity contribution is -0.137. The van der Waals surface area contributed by atoms with Crippen LogP contribution in [0.2, 0.25) is 0 Å². The lowest BCUT2D eigenvalue weighted by atomic mass is 9.94. The summed E-state index contributed by atoms with van der Waals surface area (Å²) in [5, 5.41) is 2.88. The fourth-order valence-electron chi connectivity index (χ4n) is 3.29. The van der Waals surface area contributed by atoms with Crippen LogP contribution in [0, 0.1) is 0 Å². The van der Waals surface area contributed by atoms with Gasteiger partial charge in [0.15, 0.2) is 11.5 Å². The van der Waals surface area contributed by atoms with E-state index in [4.69, 9.17) is 9.47 Å². The van der Waals surface area contributed by atoms with E-state index < -0.39 is 0 Å². The number of ether oxygens (including phenoxy) is 2. The summed E-state index contributed by atoms with van der Waals surface area (Å²) < 4.78 is 10.5. The Hall–Kier alpha value is -2.24. The van der Waals surface area contributed by atoms with Gasteiger partial charge in [-0.25, -0.2) is 0 Å². The first-order chi connectivity index (χ1) is 12.0. The number of benzene rings is 1. The summed E-state index contributed by atoms with van der Waals surface area (Å²) in [6, 6.07) is 5.72. The van der Waals surface area contributed by atoms with E-state index >= 15 is 0 Å². The zero-order valence-electron chi connectivity index (χ0n) is 15.3. The van der Waals surface area contributed by atoms with Crippen LogP contribution < -0.4 is 14.8 Å². The van der Waals surface area contributed by atoms with E-state index in [0.717, 1.165) is 31.2 Å². The van der Waals surface area contributed by atoms with Crippen molar-refractivity contribution in [2.45, 2.75) is 51.6 Å². The average molecular weight is 348 g/mol. The first kappa shape index (κ1) is 19.1. The van der Waals surface area contributed by atoms with Gasteiger partial charge in [-0.2, -0.15) is 0 Å². The van der Waals surface area contributed by atoms with Crippen LogP contribution in [0.25, 0.3) is 0 Å². The third-order valence-corrected chi connectivity index (χ3v) is 4.67. The van der Waals surface area contributed by atoms with Gasteiger partial charge in [-0.05, 0) is 30.5 Å². The maximum atomic E-state index is 12.3. The van der Waals surface area contributed by atoms with Crippen LogP contribution >= 0.6 is 0 Å². The first-order valence-electron chi connectivity index (χ1n) is 8.80. The predicted molar refractivity (Wildman–Crippen MR) is 95.7 cm³/mol. The Morgan fingerprint density at radius 1 is 1.12 bits per heavy atom. The van der Waals surface area contributed by atoms with E-state index in [1.54, 1.807) is 19.1 Å². The van der Waals surface area contributed by atoms with Gasteiger partial charge < -0.3 is 19.7 Å². The Morgan fingerprint density at radius 3 is 2.40 bits per heavy atom. The normalized spacial score (nSPS) is 14.7. The molecule has 0 radical (unpaired) electrons. The Labute approximate surface area is 149 Å². The second-order valence-corrected chi connectivity index (χ2v) is 6.40. The van der Waals surface area contributed by atoms with Crippen molar-refractivity contribution in [1.29, 1.82) is 0 Å².